The molecule has 0 amide bonds. The van der Waals surface area contributed by atoms with Gasteiger partial charge in [0, 0.05) is 14.6 Å². The molecule has 108 valence electrons. The van der Waals surface area contributed by atoms with Gasteiger partial charge in [-0.15, -0.1) is 11.3 Å². The number of nitrogens with two attached hydrogens (primary N) is 1. The number of hydrogen-bond donors (Lipinski definition) is 2. The summed E-state index contributed by atoms with van der Waals surface area (Å²) in [5, 5.41) is 1.70. The van der Waals surface area contributed by atoms with Gasteiger partial charge in [-0.25, -0.2) is 4.39 Å². The average Bonchev–Trinajstić information content (AvgIpc) is 2.91. The van der Waals surface area contributed by atoms with Gasteiger partial charge in [-0.3, -0.25) is 11.3 Å². The summed E-state index contributed by atoms with van der Waals surface area (Å²) in [6, 6.07) is 14.7. The number of fused-ring (bicyclic) bond motifs is 1. The highest BCUT2D eigenvalue weighted by atomic mass is 35.5. The first-order chi connectivity index (χ1) is 10.2. The van der Waals surface area contributed by atoms with E-state index < -0.39 is 0 Å². The van der Waals surface area contributed by atoms with Crippen LogP contribution in [0.4, 0.5) is 4.39 Å². The highest BCUT2D eigenvalue weighted by molar-refractivity contribution is 7.19. The van der Waals surface area contributed by atoms with Crippen LogP contribution >= 0.6 is 22.9 Å². The molecule has 3 aromatic rings. The maximum atomic E-state index is 13.9. The van der Waals surface area contributed by atoms with Crippen molar-refractivity contribution in [3.8, 4) is 0 Å². The molecule has 0 saturated heterocycles. The van der Waals surface area contributed by atoms with E-state index >= 15 is 0 Å². The molecule has 0 saturated carbocycles. The van der Waals surface area contributed by atoms with E-state index in [1.54, 1.807) is 23.5 Å². The lowest BCUT2D eigenvalue weighted by molar-refractivity contribution is 0.535. The van der Waals surface area contributed by atoms with Gasteiger partial charge in [0.2, 0.25) is 0 Å². The molecule has 21 heavy (non-hydrogen) atoms. The van der Waals surface area contributed by atoms with Crippen molar-refractivity contribution in [1.29, 1.82) is 0 Å². The van der Waals surface area contributed by atoms with Crippen LogP contribution in [0.5, 0.6) is 0 Å². The molecule has 3 rings (SSSR count). The third-order valence-corrected chi connectivity index (χ3v) is 4.89. The first kappa shape index (κ1) is 14.5. The zero-order chi connectivity index (χ0) is 14.8. The largest absolute Gasteiger partial charge is 0.271 e. The first-order valence-corrected chi connectivity index (χ1v) is 7.75. The monoisotopic (exact) mass is 320 g/mol. The van der Waals surface area contributed by atoms with Gasteiger partial charge >= 0.3 is 0 Å². The second-order valence-electron chi connectivity index (χ2n) is 4.85. The molecule has 2 nitrogen and oxygen atoms in total. The van der Waals surface area contributed by atoms with Crippen LogP contribution in [0.15, 0.2) is 48.5 Å². The minimum Gasteiger partial charge on any atom is -0.271 e. The molecule has 1 heterocycles. The van der Waals surface area contributed by atoms with E-state index in [0.717, 1.165) is 4.88 Å². The van der Waals surface area contributed by atoms with Gasteiger partial charge < -0.3 is 0 Å². The van der Waals surface area contributed by atoms with Crippen LogP contribution < -0.4 is 11.3 Å². The smallest absolute Gasteiger partial charge is 0.126 e. The van der Waals surface area contributed by atoms with E-state index in [9.17, 15) is 4.39 Å². The lowest BCUT2D eigenvalue weighted by atomic mass is 10.0. The topological polar surface area (TPSA) is 38.0 Å². The molecule has 1 aromatic heterocycles. The Morgan fingerprint density at radius 3 is 2.76 bits per heavy atom. The Morgan fingerprint density at radius 1 is 1.19 bits per heavy atom. The second-order valence-corrected chi connectivity index (χ2v) is 6.40. The first-order valence-electron chi connectivity index (χ1n) is 6.56. The minimum absolute atomic E-state index is 0.143. The maximum absolute atomic E-state index is 13.9. The van der Waals surface area contributed by atoms with Crippen molar-refractivity contribution in [2.45, 2.75) is 12.5 Å². The fraction of sp³-hybridized carbons (Fsp3) is 0.125. The highest BCUT2D eigenvalue weighted by Gasteiger charge is 2.16. The molecule has 0 aliphatic carbocycles. The third kappa shape index (κ3) is 3.09. The molecular formula is C16H14ClFN2S. The Labute approximate surface area is 131 Å². The molecule has 0 bridgehead atoms. The quantitative estimate of drug-likeness (QED) is 0.551. The standard InChI is InChI=1S/C16H14ClFN2S/c17-12-5-6-13(18)11(7-12)8-14(20-19)16-9-10-3-1-2-4-15(10)21-16/h1-7,9,14,20H,8,19H2. The van der Waals surface area contributed by atoms with Crippen LogP contribution in [-0.4, -0.2) is 0 Å². The van der Waals surface area contributed by atoms with Crippen LogP contribution in [0.2, 0.25) is 5.02 Å². The van der Waals surface area contributed by atoms with Crippen LogP contribution in [0.3, 0.4) is 0 Å². The Kier molecular flexibility index (Phi) is 4.22. The number of rotatable bonds is 4. The van der Waals surface area contributed by atoms with Gasteiger partial charge in [0.05, 0.1) is 6.04 Å². The molecule has 0 aliphatic rings. The van der Waals surface area contributed by atoms with E-state index in [4.69, 9.17) is 17.4 Å². The molecular weight excluding hydrogens is 307 g/mol. The molecule has 1 unspecified atom stereocenters. The van der Waals surface area contributed by atoms with Crippen LogP contribution in [0.25, 0.3) is 10.1 Å². The van der Waals surface area contributed by atoms with Crippen LogP contribution in [-0.2, 0) is 6.42 Å². The summed E-state index contributed by atoms with van der Waals surface area (Å²) in [6.45, 7) is 0. The number of halogens is 2. The zero-order valence-corrected chi connectivity index (χ0v) is 12.7. The van der Waals surface area contributed by atoms with Crippen LogP contribution in [0.1, 0.15) is 16.5 Å². The summed E-state index contributed by atoms with van der Waals surface area (Å²) in [4.78, 5) is 1.08. The molecule has 0 spiro atoms. The minimum atomic E-state index is -0.263. The number of benzene rings is 2. The summed E-state index contributed by atoms with van der Waals surface area (Å²) in [7, 11) is 0. The van der Waals surface area contributed by atoms with Crippen molar-refractivity contribution in [3.05, 3.63) is 69.8 Å². The van der Waals surface area contributed by atoms with Crippen molar-refractivity contribution in [3.63, 3.8) is 0 Å². The van der Waals surface area contributed by atoms with Gasteiger partial charge in [-0.05, 0) is 47.7 Å². The van der Waals surface area contributed by atoms with Crippen molar-refractivity contribution < 1.29 is 4.39 Å². The van der Waals surface area contributed by atoms with Crippen molar-refractivity contribution in [1.82, 2.24) is 5.43 Å². The lowest BCUT2D eigenvalue weighted by Gasteiger charge is -2.14. The molecule has 0 aliphatic heterocycles. The summed E-state index contributed by atoms with van der Waals surface area (Å²) in [6.07, 6.45) is 0.454. The Hall–Kier alpha value is -1.46. The zero-order valence-electron chi connectivity index (χ0n) is 11.1. The van der Waals surface area contributed by atoms with Crippen molar-refractivity contribution >= 4 is 33.0 Å². The lowest BCUT2D eigenvalue weighted by Crippen LogP contribution is -2.29. The van der Waals surface area contributed by atoms with E-state index in [1.165, 1.54) is 16.2 Å². The van der Waals surface area contributed by atoms with E-state index in [2.05, 4.69) is 23.6 Å². The normalized spacial score (nSPS) is 12.7. The molecule has 2 aromatic carbocycles. The summed E-state index contributed by atoms with van der Waals surface area (Å²) < 4.78 is 15.1. The van der Waals surface area contributed by atoms with E-state index in [0.29, 0.717) is 17.0 Å². The van der Waals surface area contributed by atoms with Crippen molar-refractivity contribution in [2.75, 3.05) is 0 Å². The SMILES string of the molecule is NNC(Cc1cc(Cl)ccc1F)c1cc2ccccc2s1. The van der Waals surface area contributed by atoms with Gasteiger partial charge in [-0.2, -0.15) is 0 Å². The average molecular weight is 321 g/mol. The summed E-state index contributed by atoms with van der Waals surface area (Å²) in [5.41, 5.74) is 3.33. The van der Waals surface area contributed by atoms with Gasteiger partial charge in [0.1, 0.15) is 5.82 Å². The van der Waals surface area contributed by atoms with Crippen molar-refractivity contribution in [2.24, 2.45) is 5.84 Å². The predicted octanol–water partition coefficient (Wildman–Crippen LogP) is 4.44. The fourth-order valence-corrected chi connectivity index (χ4v) is 3.66. The summed E-state index contributed by atoms with van der Waals surface area (Å²) in [5.74, 6) is 5.40. The second kappa shape index (κ2) is 6.12. The number of hydrogen-bond acceptors (Lipinski definition) is 3. The van der Waals surface area contributed by atoms with Crippen LogP contribution in [0, 0.1) is 5.82 Å². The molecule has 0 radical (unpaired) electrons. The third-order valence-electron chi connectivity index (χ3n) is 3.42. The van der Waals surface area contributed by atoms with E-state index in [1.807, 2.05) is 12.1 Å². The van der Waals surface area contributed by atoms with Gasteiger partial charge in [0.25, 0.3) is 0 Å². The van der Waals surface area contributed by atoms with Gasteiger partial charge in [-0.1, -0.05) is 29.8 Å². The predicted molar refractivity (Wildman–Crippen MR) is 87.0 cm³/mol. The molecule has 5 heteroatoms. The van der Waals surface area contributed by atoms with E-state index in [-0.39, 0.29) is 11.9 Å². The number of nitrogens with one attached hydrogen (secondary N) is 1. The Balaban J connectivity index is 1.92. The Bertz CT molecular complexity index is 739. The maximum Gasteiger partial charge on any atom is 0.126 e. The molecule has 1 atom stereocenters. The number of thiophene rings is 1. The summed E-state index contributed by atoms with van der Waals surface area (Å²) >= 11 is 7.60. The van der Waals surface area contributed by atoms with Gasteiger partial charge in [0.15, 0.2) is 0 Å². The Morgan fingerprint density at radius 2 is 2.00 bits per heavy atom. The fourth-order valence-electron chi connectivity index (χ4n) is 2.34. The molecule has 3 N–H and O–H groups in total. The molecule has 0 fully saturated rings. The highest BCUT2D eigenvalue weighted by Crippen LogP contribution is 2.31. The number of hydrazine groups is 1.